The topological polar surface area (TPSA) is 70.7 Å². The first-order chi connectivity index (χ1) is 10.7. The Kier molecular flexibility index (Phi) is 3.58. The highest BCUT2D eigenvalue weighted by atomic mass is 16.2. The van der Waals surface area contributed by atoms with Gasteiger partial charge in [-0.05, 0) is 37.3 Å². The Bertz CT molecular complexity index is 875. The van der Waals surface area contributed by atoms with Crippen LogP contribution in [0.4, 0.5) is 5.69 Å². The molecular formula is C17H14N4O. The zero-order valence-electron chi connectivity index (χ0n) is 12.0. The molecule has 1 unspecified atom stereocenters. The van der Waals surface area contributed by atoms with E-state index < -0.39 is 6.04 Å². The Balaban J connectivity index is 1.84. The minimum absolute atomic E-state index is 0.154. The van der Waals surface area contributed by atoms with Gasteiger partial charge in [0.1, 0.15) is 6.04 Å². The molecule has 0 aliphatic carbocycles. The first-order valence-electron chi connectivity index (χ1n) is 6.91. The second-order valence-corrected chi connectivity index (χ2v) is 5.00. The van der Waals surface area contributed by atoms with Crippen LogP contribution < -0.4 is 5.32 Å². The van der Waals surface area contributed by atoms with E-state index in [2.05, 4.69) is 16.4 Å². The van der Waals surface area contributed by atoms with Crippen molar-refractivity contribution in [3.8, 4) is 6.07 Å². The van der Waals surface area contributed by atoms with Crippen molar-refractivity contribution in [3.63, 3.8) is 0 Å². The average molecular weight is 290 g/mol. The number of anilines is 1. The Morgan fingerprint density at radius 2 is 2.09 bits per heavy atom. The van der Waals surface area contributed by atoms with Crippen molar-refractivity contribution >= 4 is 22.6 Å². The number of benzene rings is 2. The number of imidazole rings is 1. The molecule has 0 radical (unpaired) electrons. The zero-order chi connectivity index (χ0) is 15.5. The van der Waals surface area contributed by atoms with Gasteiger partial charge in [-0.1, -0.05) is 18.2 Å². The van der Waals surface area contributed by atoms with Crippen LogP contribution in [0.15, 0.2) is 54.9 Å². The Hall–Kier alpha value is -3.13. The van der Waals surface area contributed by atoms with Crippen LogP contribution in [-0.2, 0) is 4.79 Å². The molecule has 108 valence electrons. The summed E-state index contributed by atoms with van der Waals surface area (Å²) in [5, 5.41) is 11.7. The van der Waals surface area contributed by atoms with Crippen molar-refractivity contribution in [2.24, 2.45) is 0 Å². The van der Waals surface area contributed by atoms with Gasteiger partial charge in [-0.3, -0.25) is 4.79 Å². The summed E-state index contributed by atoms with van der Waals surface area (Å²) in [6, 6.07) is 16.2. The summed E-state index contributed by atoms with van der Waals surface area (Å²) >= 11 is 0. The fraction of sp³-hybridized carbons (Fsp3) is 0.118. The van der Waals surface area contributed by atoms with Crippen molar-refractivity contribution in [2.45, 2.75) is 13.0 Å². The lowest BCUT2D eigenvalue weighted by Crippen LogP contribution is -2.23. The predicted octanol–water partition coefficient (Wildman–Crippen LogP) is 3.11. The molecule has 1 aromatic heterocycles. The first kappa shape index (κ1) is 13.8. The molecule has 0 spiro atoms. The molecule has 0 saturated heterocycles. The molecular weight excluding hydrogens is 276 g/mol. The number of fused-ring (bicyclic) bond motifs is 1. The Morgan fingerprint density at radius 1 is 1.27 bits per heavy atom. The smallest absolute Gasteiger partial charge is 0.247 e. The number of hydrogen-bond acceptors (Lipinski definition) is 3. The molecule has 22 heavy (non-hydrogen) atoms. The number of carbonyl (C=O) groups is 1. The number of aromatic nitrogens is 2. The molecule has 1 amide bonds. The number of amides is 1. The van der Waals surface area contributed by atoms with Gasteiger partial charge in [0, 0.05) is 5.69 Å². The largest absolute Gasteiger partial charge is 0.324 e. The summed E-state index contributed by atoms with van der Waals surface area (Å²) in [4.78, 5) is 16.7. The number of nitriles is 1. The van der Waals surface area contributed by atoms with Gasteiger partial charge in [0.2, 0.25) is 5.91 Å². The fourth-order valence-corrected chi connectivity index (χ4v) is 2.33. The van der Waals surface area contributed by atoms with Crippen molar-refractivity contribution in [1.82, 2.24) is 9.55 Å². The number of para-hydroxylation sites is 2. The highest BCUT2D eigenvalue weighted by Gasteiger charge is 2.17. The maximum Gasteiger partial charge on any atom is 0.247 e. The van der Waals surface area contributed by atoms with E-state index in [1.807, 2.05) is 35.8 Å². The maximum atomic E-state index is 12.4. The Labute approximate surface area is 127 Å². The van der Waals surface area contributed by atoms with Crippen LogP contribution in [0.25, 0.3) is 11.0 Å². The monoisotopic (exact) mass is 290 g/mol. The summed E-state index contributed by atoms with van der Waals surface area (Å²) in [5.74, 6) is -0.154. The molecule has 0 saturated carbocycles. The number of nitrogens with zero attached hydrogens (tertiary/aromatic N) is 3. The quantitative estimate of drug-likeness (QED) is 0.805. The number of nitrogens with one attached hydrogen (secondary N) is 1. The second kappa shape index (κ2) is 5.70. The van der Waals surface area contributed by atoms with Crippen LogP contribution in [0, 0.1) is 11.3 Å². The van der Waals surface area contributed by atoms with Gasteiger partial charge in [-0.2, -0.15) is 5.26 Å². The minimum atomic E-state index is -0.404. The molecule has 1 atom stereocenters. The van der Waals surface area contributed by atoms with E-state index in [4.69, 9.17) is 5.26 Å². The molecule has 0 bridgehead atoms. The number of carbonyl (C=O) groups excluding carboxylic acids is 1. The lowest BCUT2D eigenvalue weighted by Gasteiger charge is -2.14. The third-order valence-electron chi connectivity index (χ3n) is 3.54. The summed E-state index contributed by atoms with van der Waals surface area (Å²) in [5.41, 5.74) is 2.89. The van der Waals surface area contributed by atoms with Gasteiger partial charge in [0.05, 0.1) is 29.0 Å². The van der Waals surface area contributed by atoms with Gasteiger partial charge in [0.15, 0.2) is 0 Å². The summed E-state index contributed by atoms with van der Waals surface area (Å²) < 4.78 is 1.83. The maximum absolute atomic E-state index is 12.4. The molecule has 0 aliphatic rings. The highest BCUT2D eigenvalue weighted by molar-refractivity contribution is 5.94. The van der Waals surface area contributed by atoms with Crippen LogP contribution in [0.1, 0.15) is 18.5 Å². The molecule has 0 aliphatic heterocycles. The van der Waals surface area contributed by atoms with Crippen molar-refractivity contribution < 1.29 is 4.79 Å². The van der Waals surface area contributed by atoms with E-state index in [-0.39, 0.29) is 5.91 Å². The molecule has 3 aromatic rings. The lowest BCUT2D eigenvalue weighted by molar-refractivity contribution is -0.118. The predicted molar refractivity (Wildman–Crippen MR) is 84.2 cm³/mol. The van der Waals surface area contributed by atoms with Gasteiger partial charge >= 0.3 is 0 Å². The molecule has 5 heteroatoms. The molecule has 2 aromatic carbocycles. The van der Waals surface area contributed by atoms with Gasteiger partial charge in [-0.25, -0.2) is 4.98 Å². The summed E-state index contributed by atoms with van der Waals surface area (Å²) in [7, 11) is 0. The first-order valence-corrected chi connectivity index (χ1v) is 6.91. The standard InChI is InChI=1S/C17H14N4O/c1-12(21-11-19-15-7-2-3-8-16(15)21)17(22)20-14-6-4-5-13(9-14)10-18/h2-9,11-12H,1H3,(H,20,22). The molecule has 1 heterocycles. The molecule has 5 nitrogen and oxygen atoms in total. The van der Waals surface area contributed by atoms with Crippen LogP contribution in [0.3, 0.4) is 0 Å². The summed E-state index contributed by atoms with van der Waals surface area (Å²) in [6.45, 7) is 1.82. The van der Waals surface area contributed by atoms with Crippen LogP contribution >= 0.6 is 0 Å². The van der Waals surface area contributed by atoms with E-state index in [9.17, 15) is 4.79 Å². The average Bonchev–Trinajstić information content (AvgIpc) is 2.98. The molecule has 3 rings (SSSR count). The van der Waals surface area contributed by atoms with E-state index >= 15 is 0 Å². The van der Waals surface area contributed by atoms with Gasteiger partial charge in [-0.15, -0.1) is 0 Å². The lowest BCUT2D eigenvalue weighted by atomic mass is 10.2. The normalized spacial score (nSPS) is 11.8. The van der Waals surface area contributed by atoms with E-state index in [0.717, 1.165) is 11.0 Å². The fourth-order valence-electron chi connectivity index (χ4n) is 2.33. The third kappa shape index (κ3) is 2.54. The number of hydrogen-bond donors (Lipinski definition) is 1. The SMILES string of the molecule is CC(C(=O)Nc1cccc(C#N)c1)n1cnc2ccccc21. The summed E-state index contributed by atoms with van der Waals surface area (Å²) in [6.07, 6.45) is 1.67. The van der Waals surface area contributed by atoms with Crippen molar-refractivity contribution in [2.75, 3.05) is 5.32 Å². The third-order valence-corrected chi connectivity index (χ3v) is 3.54. The van der Waals surface area contributed by atoms with Gasteiger partial charge in [0.25, 0.3) is 0 Å². The van der Waals surface area contributed by atoms with E-state index in [0.29, 0.717) is 11.3 Å². The molecule has 0 fully saturated rings. The minimum Gasteiger partial charge on any atom is -0.324 e. The van der Waals surface area contributed by atoms with E-state index in [1.54, 1.807) is 30.6 Å². The zero-order valence-corrected chi connectivity index (χ0v) is 12.0. The second-order valence-electron chi connectivity index (χ2n) is 5.00. The van der Waals surface area contributed by atoms with Gasteiger partial charge < -0.3 is 9.88 Å². The van der Waals surface area contributed by atoms with Crippen molar-refractivity contribution in [1.29, 1.82) is 5.26 Å². The molecule has 1 N–H and O–H groups in total. The van der Waals surface area contributed by atoms with Crippen LogP contribution in [0.5, 0.6) is 0 Å². The van der Waals surface area contributed by atoms with Crippen molar-refractivity contribution in [3.05, 3.63) is 60.4 Å². The van der Waals surface area contributed by atoms with Crippen LogP contribution in [-0.4, -0.2) is 15.5 Å². The highest BCUT2D eigenvalue weighted by Crippen LogP contribution is 2.19. The van der Waals surface area contributed by atoms with Crippen LogP contribution in [0.2, 0.25) is 0 Å². The number of rotatable bonds is 3. The van der Waals surface area contributed by atoms with E-state index in [1.165, 1.54) is 0 Å². The Morgan fingerprint density at radius 3 is 2.91 bits per heavy atom.